The minimum absolute atomic E-state index is 0.128. The predicted octanol–water partition coefficient (Wildman–Crippen LogP) is 6.13. The molecule has 0 amide bonds. The maximum atomic E-state index is 11.9. The second-order valence-electron chi connectivity index (χ2n) is 10.0. The van der Waals surface area contributed by atoms with Gasteiger partial charge in [0, 0.05) is 50.6 Å². The number of aromatic nitrogens is 1. The largest absolute Gasteiger partial charge is 0.491 e. The van der Waals surface area contributed by atoms with Gasteiger partial charge in [-0.25, -0.2) is 0 Å². The van der Waals surface area contributed by atoms with Crippen LogP contribution in [0.2, 0.25) is 0 Å². The zero-order chi connectivity index (χ0) is 30.4. The molecule has 0 radical (unpaired) electrons. The van der Waals surface area contributed by atoms with Gasteiger partial charge in [-0.1, -0.05) is 19.9 Å². The highest BCUT2D eigenvalue weighted by atomic mass is 19.4. The lowest BCUT2D eigenvalue weighted by atomic mass is 9.86. The molecule has 7 nitrogen and oxygen atoms in total. The topological polar surface area (TPSA) is 64.1 Å². The van der Waals surface area contributed by atoms with E-state index < -0.39 is 11.9 Å². The SMILES string of the molecule is CC.COCCOCCOc1ccc(C2CCCC3CN(C)CCN32)c(C)c1C.O=Cc1ccc(C(F)(F)F)nc1. The second-order valence-corrected chi connectivity index (χ2v) is 10.0. The van der Waals surface area contributed by atoms with E-state index in [1.54, 1.807) is 7.11 Å². The summed E-state index contributed by atoms with van der Waals surface area (Å²) in [7, 11) is 3.94. The number of alkyl halides is 3. The number of piperazine rings is 1. The molecule has 2 unspecified atom stereocenters. The first-order valence-corrected chi connectivity index (χ1v) is 14.4. The summed E-state index contributed by atoms with van der Waals surface area (Å²) < 4.78 is 52.1. The molecule has 2 atom stereocenters. The van der Waals surface area contributed by atoms with Crippen molar-refractivity contribution in [3.8, 4) is 5.75 Å². The minimum Gasteiger partial charge on any atom is -0.491 e. The van der Waals surface area contributed by atoms with E-state index in [1.165, 1.54) is 55.6 Å². The third-order valence-electron chi connectivity index (χ3n) is 7.41. The molecule has 0 N–H and O–H groups in total. The summed E-state index contributed by atoms with van der Waals surface area (Å²) in [4.78, 5) is 18.3. The molecule has 1 aromatic carbocycles. The van der Waals surface area contributed by atoms with Crippen LogP contribution in [0.25, 0.3) is 0 Å². The Morgan fingerprint density at radius 1 is 1.00 bits per heavy atom. The highest BCUT2D eigenvalue weighted by Gasteiger charge is 2.35. The lowest BCUT2D eigenvalue weighted by Gasteiger charge is -2.48. The van der Waals surface area contributed by atoms with Gasteiger partial charge in [0.2, 0.25) is 0 Å². The van der Waals surface area contributed by atoms with E-state index in [2.05, 4.69) is 47.8 Å². The average Bonchev–Trinajstić information content (AvgIpc) is 2.97. The molecule has 0 spiro atoms. The van der Waals surface area contributed by atoms with E-state index >= 15 is 0 Å². The molecule has 0 saturated carbocycles. The van der Waals surface area contributed by atoms with Crippen LogP contribution < -0.4 is 4.74 Å². The average molecular weight is 582 g/mol. The Morgan fingerprint density at radius 3 is 2.37 bits per heavy atom. The fraction of sp³-hybridized carbons (Fsp3) is 0.613. The summed E-state index contributed by atoms with van der Waals surface area (Å²) in [6.07, 6.45) is 0.816. The van der Waals surface area contributed by atoms with Crippen molar-refractivity contribution in [3.05, 3.63) is 58.4 Å². The number of likely N-dealkylation sites (N-methyl/N-ethyl adjacent to an activating group) is 1. The number of hydrogen-bond donors (Lipinski definition) is 0. The summed E-state index contributed by atoms with van der Waals surface area (Å²) in [6.45, 7) is 14.4. The van der Waals surface area contributed by atoms with Crippen molar-refractivity contribution >= 4 is 6.29 Å². The number of carbonyl (C=O) groups excluding carboxylic acids is 1. The van der Waals surface area contributed by atoms with Crippen LogP contribution >= 0.6 is 0 Å². The number of rotatable bonds is 9. The van der Waals surface area contributed by atoms with Crippen LogP contribution in [0.4, 0.5) is 13.2 Å². The first kappa shape index (κ1) is 34.7. The Labute approximate surface area is 243 Å². The van der Waals surface area contributed by atoms with Gasteiger partial charge in [0.25, 0.3) is 0 Å². The smallest absolute Gasteiger partial charge is 0.433 e. The fourth-order valence-electron chi connectivity index (χ4n) is 5.17. The molecule has 10 heteroatoms. The summed E-state index contributed by atoms with van der Waals surface area (Å²) in [6, 6.07) is 7.57. The van der Waals surface area contributed by atoms with E-state index in [4.69, 9.17) is 14.2 Å². The van der Waals surface area contributed by atoms with E-state index in [0.717, 1.165) is 24.1 Å². The number of piperidine rings is 1. The molecule has 2 aromatic rings. The van der Waals surface area contributed by atoms with Gasteiger partial charge in [-0.3, -0.25) is 14.7 Å². The first-order valence-electron chi connectivity index (χ1n) is 14.4. The molecule has 230 valence electrons. The summed E-state index contributed by atoms with van der Waals surface area (Å²) >= 11 is 0. The lowest BCUT2D eigenvalue weighted by Crippen LogP contribution is -2.54. The number of nitrogens with zero attached hydrogens (tertiary/aromatic N) is 3. The van der Waals surface area contributed by atoms with Crippen LogP contribution in [0, 0.1) is 13.8 Å². The van der Waals surface area contributed by atoms with Crippen LogP contribution in [0.1, 0.15) is 71.9 Å². The van der Waals surface area contributed by atoms with Crippen LogP contribution in [-0.2, 0) is 15.7 Å². The summed E-state index contributed by atoms with van der Waals surface area (Å²) in [5.41, 5.74) is 3.28. The molecule has 2 aliphatic rings. The Hall–Kier alpha value is -2.53. The second kappa shape index (κ2) is 17.4. The Bertz CT molecular complexity index is 1050. The van der Waals surface area contributed by atoms with E-state index in [-0.39, 0.29) is 5.56 Å². The van der Waals surface area contributed by atoms with Crippen molar-refractivity contribution in [3.63, 3.8) is 0 Å². The van der Waals surface area contributed by atoms with Gasteiger partial charge in [0.1, 0.15) is 18.1 Å². The Kier molecular flexibility index (Phi) is 14.7. The number of ether oxygens (including phenoxy) is 3. The van der Waals surface area contributed by atoms with Crippen LogP contribution in [-0.4, -0.2) is 87.3 Å². The molecule has 0 bridgehead atoms. The quantitative estimate of drug-likeness (QED) is 0.261. The zero-order valence-electron chi connectivity index (χ0n) is 25.3. The molecule has 2 fully saturated rings. The van der Waals surface area contributed by atoms with Crippen molar-refractivity contribution in [1.82, 2.24) is 14.8 Å². The molecule has 2 aliphatic heterocycles. The van der Waals surface area contributed by atoms with Gasteiger partial charge in [-0.15, -0.1) is 0 Å². The van der Waals surface area contributed by atoms with Gasteiger partial charge in [0.15, 0.2) is 6.29 Å². The molecule has 0 aliphatic carbocycles. The minimum atomic E-state index is -4.44. The molecule has 4 rings (SSSR count). The van der Waals surface area contributed by atoms with Crippen LogP contribution in [0.15, 0.2) is 30.5 Å². The van der Waals surface area contributed by atoms with E-state index in [1.807, 2.05) is 13.8 Å². The monoisotopic (exact) mass is 581 g/mol. The molecule has 2 saturated heterocycles. The third-order valence-corrected chi connectivity index (χ3v) is 7.41. The molecular weight excluding hydrogens is 535 g/mol. The molecule has 3 heterocycles. The van der Waals surface area contributed by atoms with Gasteiger partial charge >= 0.3 is 6.18 Å². The number of benzene rings is 1. The number of methoxy groups -OCH3 is 1. The summed E-state index contributed by atoms with van der Waals surface area (Å²) in [5, 5.41) is 0. The van der Waals surface area contributed by atoms with Gasteiger partial charge in [-0.05, 0) is 75.0 Å². The third kappa shape index (κ3) is 10.4. The van der Waals surface area contributed by atoms with Crippen LogP contribution in [0.5, 0.6) is 5.75 Å². The van der Waals surface area contributed by atoms with E-state index in [0.29, 0.717) is 44.8 Å². The lowest BCUT2D eigenvalue weighted by molar-refractivity contribution is -0.141. The highest BCUT2D eigenvalue weighted by Crippen LogP contribution is 2.39. The van der Waals surface area contributed by atoms with Crippen molar-refractivity contribution in [2.45, 2.75) is 65.2 Å². The number of aldehydes is 1. The Balaban J connectivity index is 0.000000352. The van der Waals surface area contributed by atoms with Crippen molar-refractivity contribution in [2.24, 2.45) is 0 Å². The fourth-order valence-corrected chi connectivity index (χ4v) is 5.17. The van der Waals surface area contributed by atoms with Crippen molar-refractivity contribution in [2.75, 3.05) is 60.2 Å². The van der Waals surface area contributed by atoms with Gasteiger partial charge in [0.05, 0.1) is 19.8 Å². The van der Waals surface area contributed by atoms with Gasteiger partial charge in [-0.2, -0.15) is 13.2 Å². The van der Waals surface area contributed by atoms with Crippen molar-refractivity contribution in [1.29, 1.82) is 0 Å². The number of pyridine rings is 1. The van der Waals surface area contributed by atoms with E-state index in [9.17, 15) is 18.0 Å². The normalized spacial score (nSPS) is 19.2. The predicted molar refractivity (Wildman–Crippen MR) is 155 cm³/mol. The number of carbonyl (C=O) groups is 1. The zero-order valence-corrected chi connectivity index (χ0v) is 25.3. The Morgan fingerprint density at radius 2 is 1.73 bits per heavy atom. The maximum absolute atomic E-state index is 11.9. The van der Waals surface area contributed by atoms with Crippen LogP contribution in [0.3, 0.4) is 0 Å². The first-order chi connectivity index (χ1) is 19.7. The van der Waals surface area contributed by atoms with Crippen molar-refractivity contribution < 1.29 is 32.2 Å². The molecular formula is C31H46F3N3O4. The standard InChI is InChI=1S/C22H36N2O3.C7H4F3NO.C2H6/c1-17-18(2)22(27-15-14-26-13-12-25-4)9-8-20(17)21-7-5-6-19-16-23(3)10-11-24(19)21;8-7(9,10)6-2-1-5(4-12)3-11-6;1-2/h8-9,19,21H,5-7,10-16H2,1-4H3;1-4H;1-2H3. The van der Waals surface area contributed by atoms with Gasteiger partial charge < -0.3 is 19.1 Å². The highest BCUT2D eigenvalue weighted by molar-refractivity contribution is 5.73. The number of halogens is 3. The number of hydrogen-bond acceptors (Lipinski definition) is 7. The molecule has 1 aromatic heterocycles. The summed E-state index contributed by atoms with van der Waals surface area (Å²) in [5.74, 6) is 0.984. The number of fused-ring (bicyclic) bond motifs is 1. The molecule has 41 heavy (non-hydrogen) atoms. The maximum Gasteiger partial charge on any atom is 0.433 e.